The van der Waals surface area contributed by atoms with E-state index in [-0.39, 0.29) is 24.1 Å². The molecular formula is C12H12F2N2O2. The average Bonchev–Trinajstić information content (AvgIpc) is 2.76. The van der Waals surface area contributed by atoms with Gasteiger partial charge in [-0.3, -0.25) is 9.59 Å². The summed E-state index contributed by atoms with van der Waals surface area (Å²) in [5.41, 5.74) is -0.334. The van der Waals surface area contributed by atoms with E-state index < -0.39 is 17.5 Å². The van der Waals surface area contributed by atoms with Gasteiger partial charge in [0.05, 0.1) is 5.56 Å². The van der Waals surface area contributed by atoms with Gasteiger partial charge in [-0.05, 0) is 18.6 Å². The second kappa shape index (κ2) is 5.12. The molecule has 0 spiro atoms. The van der Waals surface area contributed by atoms with Crippen molar-refractivity contribution in [3.63, 3.8) is 0 Å². The van der Waals surface area contributed by atoms with E-state index in [1.165, 1.54) is 12.1 Å². The van der Waals surface area contributed by atoms with Gasteiger partial charge in [0.1, 0.15) is 0 Å². The van der Waals surface area contributed by atoms with Crippen LogP contribution in [0.15, 0.2) is 18.2 Å². The number of carbonyl (C=O) groups excluding carboxylic acids is 2. The summed E-state index contributed by atoms with van der Waals surface area (Å²) in [7, 11) is 0. The lowest BCUT2D eigenvalue weighted by molar-refractivity contribution is -0.119. The predicted molar refractivity (Wildman–Crippen MR) is 59.9 cm³/mol. The molecule has 1 unspecified atom stereocenters. The van der Waals surface area contributed by atoms with Gasteiger partial charge in [0.2, 0.25) is 5.91 Å². The molecule has 2 rings (SSSR count). The molecule has 1 atom stereocenters. The van der Waals surface area contributed by atoms with Crippen molar-refractivity contribution in [3.8, 4) is 0 Å². The lowest BCUT2D eigenvalue weighted by Crippen LogP contribution is -2.38. The molecule has 1 heterocycles. The number of benzene rings is 1. The number of nitrogens with one attached hydrogen (secondary N) is 2. The highest BCUT2D eigenvalue weighted by Crippen LogP contribution is 2.11. The maximum atomic E-state index is 13.3. The Balaban J connectivity index is 1.95. The van der Waals surface area contributed by atoms with Crippen LogP contribution in [0.5, 0.6) is 0 Å². The number of hydrogen-bond acceptors (Lipinski definition) is 2. The molecule has 18 heavy (non-hydrogen) atoms. The maximum Gasteiger partial charge on any atom is 0.254 e. The Morgan fingerprint density at radius 2 is 2.22 bits per heavy atom. The standard InChI is InChI=1S/C12H12F2N2O2/c13-9-3-1-2-8(11(9)14)12(18)15-6-7-4-5-10(17)16-7/h1-3,7H,4-6H2,(H,15,18)(H,16,17). The van der Waals surface area contributed by atoms with Crippen molar-refractivity contribution in [2.24, 2.45) is 0 Å². The van der Waals surface area contributed by atoms with Crippen molar-refractivity contribution >= 4 is 11.8 Å². The van der Waals surface area contributed by atoms with Gasteiger partial charge >= 0.3 is 0 Å². The summed E-state index contributed by atoms with van der Waals surface area (Å²) in [4.78, 5) is 22.6. The van der Waals surface area contributed by atoms with Crippen LogP contribution in [0.3, 0.4) is 0 Å². The first-order chi connectivity index (χ1) is 8.58. The minimum atomic E-state index is -1.16. The Morgan fingerprint density at radius 1 is 1.44 bits per heavy atom. The molecule has 0 radical (unpaired) electrons. The molecule has 1 aromatic rings. The number of hydrogen-bond donors (Lipinski definition) is 2. The topological polar surface area (TPSA) is 58.2 Å². The molecular weight excluding hydrogens is 242 g/mol. The zero-order chi connectivity index (χ0) is 13.1. The van der Waals surface area contributed by atoms with E-state index in [2.05, 4.69) is 10.6 Å². The van der Waals surface area contributed by atoms with Crippen LogP contribution in [0.25, 0.3) is 0 Å². The largest absolute Gasteiger partial charge is 0.352 e. The van der Waals surface area contributed by atoms with Crippen LogP contribution in [0.1, 0.15) is 23.2 Å². The van der Waals surface area contributed by atoms with E-state index in [0.29, 0.717) is 12.8 Å². The Morgan fingerprint density at radius 3 is 2.89 bits per heavy atom. The van der Waals surface area contributed by atoms with Crippen LogP contribution in [-0.4, -0.2) is 24.4 Å². The molecule has 1 fully saturated rings. The highest BCUT2D eigenvalue weighted by atomic mass is 19.2. The van der Waals surface area contributed by atoms with Gasteiger partial charge in [-0.1, -0.05) is 6.07 Å². The van der Waals surface area contributed by atoms with Crippen molar-refractivity contribution in [1.82, 2.24) is 10.6 Å². The Labute approximate surface area is 102 Å². The van der Waals surface area contributed by atoms with E-state index in [0.717, 1.165) is 6.07 Å². The van der Waals surface area contributed by atoms with Crippen LogP contribution in [0.4, 0.5) is 8.78 Å². The maximum absolute atomic E-state index is 13.3. The molecule has 0 aliphatic carbocycles. The Bertz CT molecular complexity index is 491. The van der Waals surface area contributed by atoms with Gasteiger partial charge in [0, 0.05) is 19.0 Å². The lowest BCUT2D eigenvalue weighted by Gasteiger charge is -2.11. The fourth-order valence-electron chi connectivity index (χ4n) is 1.82. The third-order valence-corrected chi connectivity index (χ3v) is 2.79. The highest BCUT2D eigenvalue weighted by Gasteiger charge is 2.22. The van der Waals surface area contributed by atoms with Crippen LogP contribution < -0.4 is 10.6 Å². The molecule has 4 nitrogen and oxygen atoms in total. The molecule has 6 heteroatoms. The van der Waals surface area contributed by atoms with Crippen molar-refractivity contribution in [2.75, 3.05) is 6.54 Å². The second-order valence-corrected chi connectivity index (χ2v) is 4.11. The van der Waals surface area contributed by atoms with Crippen LogP contribution >= 0.6 is 0 Å². The van der Waals surface area contributed by atoms with Crippen LogP contribution in [-0.2, 0) is 4.79 Å². The first kappa shape index (κ1) is 12.5. The summed E-state index contributed by atoms with van der Waals surface area (Å²) in [5, 5.41) is 5.13. The Hall–Kier alpha value is -1.98. The molecule has 1 aliphatic rings. The molecule has 1 saturated heterocycles. The number of rotatable bonds is 3. The predicted octanol–water partition coefficient (Wildman–Crippen LogP) is 0.973. The molecule has 0 saturated carbocycles. The smallest absolute Gasteiger partial charge is 0.254 e. The molecule has 0 aromatic heterocycles. The van der Waals surface area contributed by atoms with E-state index in [9.17, 15) is 18.4 Å². The van der Waals surface area contributed by atoms with E-state index in [1.807, 2.05) is 0 Å². The molecule has 96 valence electrons. The summed E-state index contributed by atoms with van der Waals surface area (Å²) in [6, 6.07) is 3.28. The zero-order valence-corrected chi connectivity index (χ0v) is 9.50. The van der Waals surface area contributed by atoms with Gasteiger partial charge in [-0.25, -0.2) is 8.78 Å². The first-order valence-corrected chi connectivity index (χ1v) is 5.59. The number of amides is 2. The first-order valence-electron chi connectivity index (χ1n) is 5.59. The summed E-state index contributed by atoms with van der Waals surface area (Å²) in [5.74, 6) is -2.97. The van der Waals surface area contributed by atoms with Gasteiger partial charge < -0.3 is 10.6 Å². The van der Waals surface area contributed by atoms with Crippen molar-refractivity contribution in [2.45, 2.75) is 18.9 Å². The second-order valence-electron chi connectivity index (χ2n) is 4.11. The van der Waals surface area contributed by atoms with Crippen LogP contribution in [0.2, 0.25) is 0 Å². The SMILES string of the molecule is O=C1CCC(CNC(=O)c2cccc(F)c2F)N1. The van der Waals surface area contributed by atoms with Crippen LogP contribution in [0, 0.1) is 11.6 Å². The van der Waals surface area contributed by atoms with E-state index >= 15 is 0 Å². The molecule has 0 bridgehead atoms. The molecule has 2 amide bonds. The van der Waals surface area contributed by atoms with Crippen molar-refractivity contribution in [3.05, 3.63) is 35.4 Å². The average molecular weight is 254 g/mol. The summed E-state index contributed by atoms with van der Waals surface area (Å²) < 4.78 is 26.2. The molecule has 2 N–H and O–H groups in total. The number of carbonyl (C=O) groups is 2. The van der Waals surface area contributed by atoms with Gasteiger partial charge in [0.25, 0.3) is 5.91 Å². The molecule has 1 aliphatic heterocycles. The number of halogens is 2. The minimum Gasteiger partial charge on any atom is -0.352 e. The monoisotopic (exact) mass is 254 g/mol. The third-order valence-electron chi connectivity index (χ3n) is 2.79. The van der Waals surface area contributed by atoms with Gasteiger partial charge in [-0.15, -0.1) is 0 Å². The molecule has 1 aromatic carbocycles. The lowest BCUT2D eigenvalue weighted by atomic mass is 10.1. The van der Waals surface area contributed by atoms with E-state index in [1.54, 1.807) is 0 Å². The van der Waals surface area contributed by atoms with Gasteiger partial charge in [-0.2, -0.15) is 0 Å². The fourth-order valence-corrected chi connectivity index (χ4v) is 1.82. The fraction of sp³-hybridized carbons (Fsp3) is 0.333. The summed E-state index contributed by atoms with van der Waals surface area (Å²) >= 11 is 0. The zero-order valence-electron chi connectivity index (χ0n) is 9.50. The van der Waals surface area contributed by atoms with E-state index in [4.69, 9.17) is 0 Å². The summed E-state index contributed by atoms with van der Waals surface area (Å²) in [6.45, 7) is 0.209. The quantitative estimate of drug-likeness (QED) is 0.844. The van der Waals surface area contributed by atoms with Crippen molar-refractivity contribution in [1.29, 1.82) is 0 Å². The third kappa shape index (κ3) is 2.64. The minimum absolute atomic E-state index is 0.0637. The van der Waals surface area contributed by atoms with Gasteiger partial charge in [0.15, 0.2) is 11.6 Å². The summed E-state index contributed by atoms with van der Waals surface area (Å²) in [6.07, 6.45) is 1.06. The normalized spacial score (nSPS) is 18.6. The highest BCUT2D eigenvalue weighted by molar-refractivity contribution is 5.94. The Kier molecular flexibility index (Phi) is 3.55. The van der Waals surface area contributed by atoms with Crippen molar-refractivity contribution < 1.29 is 18.4 Å².